The Labute approximate surface area is 100 Å². The average molecular weight is 236 g/mol. The molecule has 0 saturated carbocycles. The number of hydrogen-bond acceptors (Lipinski definition) is 4. The second kappa shape index (κ2) is 5.80. The molecule has 1 fully saturated rings. The topological polar surface area (TPSA) is 44.8 Å². The van der Waals surface area contributed by atoms with E-state index in [4.69, 9.17) is 14.2 Å². The number of cyclic esters (lactones) is 1. The molecule has 0 aliphatic carbocycles. The molecule has 0 N–H and O–H groups in total. The lowest BCUT2D eigenvalue weighted by Crippen LogP contribution is -2.19. The van der Waals surface area contributed by atoms with Gasteiger partial charge in [-0.3, -0.25) is 4.79 Å². The van der Waals surface area contributed by atoms with Crippen molar-refractivity contribution < 1.29 is 19.0 Å². The zero-order chi connectivity index (χ0) is 12.1. The smallest absolute Gasteiger partial charge is 0.313 e. The van der Waals surface area contributed by atoms with E-state index >= 15 is 0 Å². The number of benzene rings is 1. The monoisotopic (exact) mass is 236 g/mol. The van der Waals surface area contributed by atoms with E-state index in [1.165, 1.54) is 0 Å². The van der Waals surface area contributed by atoms with Crippen LogP contribution in [0.2, 0.25) is 0 Å². The van der Waals surface area contributed by atoms with Crippen LogP contribution in [0.5, 0.6) is 0 Å². The first-order valence-corrected chi connectivity index (χ1v) is 5.61. The van der Waals surface area contributed by atoms with Crippen LogP contribution in [0.15, 0.2) is 30.3 Å². The fraction of sp³-hybridized carbons (Fsp3) is 0.462. The first-order valence-electron chi connectivity index (χ1n) is 5.61. The SMILES string of the molecule is COCOC[C@H]1COC(=O)[C@@H]1c1ccccc1. The van der Waals surface area contributed by atoms with Gasteiger partial charge in [0.25, 0.3) is 0 Å². The van der Waals surface area contributed by atoms with Gasteiger partial charge in [-0.2, -0.15) is 0 Å². The van der Waals surface area contributed by atoms with Gasteiger partial charge in [-0.05, 0) is 5.56 Å². The number of carbonyl (C=O) groups excluding carboxylic acids is 1. The van der Waals surface area contributed by atoms with Gasteiger partial charge < -0.3 is 14.2 Å². The molecule has 1 saturated heterocycles. The lowest BCUT2D eigenvalue weighted by atomic mass is 9.89. The molecular formula is C13H16O4. The molecule has 1 aromatic carbocycles. The van der Waals surface area contributed by atoms with Crippen LogP contribution in [0.25, 0.3) is 0 Å². The van der Waals surface area contributed by atoms with Crippen molar-refractivity contribution in [2.45, 2.75) is 5.92 Å². The van der Waals surface area contributed by atoms with Crippen molar-refractivity contribution in [1.82, 2.24) is 0 Å². The molecule has 4 nitrogen and oxygen atoms in total. The van der Waals surface area contributed by atoms with Gasteiger partial charge in [-0.1, -0.05) is 30.3 Å². The summed E-state index contributed by atoms with van der Waals surface area (Å²) in [6.07, 6.45) is 0. The Morgan fingerprint density at radius 2 is 2.12 bits per heavy atom. The molecule has 0 amide bonds. The minimum Gasteiger partial charge on any atom is -0.465 e. The maximum Gasteiger partial charge on any atom is 0.313 e. The van der Waals surface area contributed by atoms with Crippen molar-refractivity contribution in [1.29, 1.82) is 0 Å². The fourth-order valence-electron chi connectivity index (χ4n) is 2.06. The van der Waals surface area contributed by atoms with Crippen LogP contribution in [-0.4, -0.2) is 33.1 Å². The van der Waals surface area contributed by atoms with Crippen LogP contribution in [0, 0.1) is 5.92 Å². The average Bonchev–Trinajstić information content (AvgIpc) is 2.72. The van der Waals surface area contributed by atoms with Crippen molar-refractivity contribution in [3.8, 4) is 0 Å². The van der Waals surface area contributed by atoms with Crippen LogP contribution < -0.4 is 0 Å². The predicted molar refractivity (Wildman–Crippen MR) is 61.5 cm³/mol. The summed E-state index contributed by atoms with van der Waals surface area (Å²) in [4.78, 5) is 11.7. The Hall–Kier alpha value is -1.39. The Balaban J connectivity index is 2.04. The zero-order valence-corrected chi connectivity index (χ0v) is 9.80. The number of carbonyl (C=O) groups is 1. The van der Waals surface area contributed by atoms with Gasteiger partial charge in [-0.15, -0.1) is 0 Å². The first kappa shape index (κ1) is 12.1. The van der Waals surface area contributed by atoms with Crippen molar-refractivity contribution in [3.63, 3.8) is 0 Å². The minimum absolute atomic E-state index is 0.0695. The minimum atomic E-state index is -0.215. The maximum atomic E-state index is 11.7. The lowest BCUT2D eigenvalue weighted by molar-refractivity contribution is -0.139. The Morgan fingerprint density at radius 3 is 2.82 bits per heavy atom. The highest BCUT2D eigenvalue weighted by atomic mass is 16.7. The van der Waals surface area contributed by atoms with E-state index in [1.807, 2.05) is 30.3 Å². The van der Waals surface area contributed by atoms with Gasteiger partial charge in [-0.25, -0.2) is 0 Å². The molecule has 1 aromatic rings. The highest BCUT2D eigenvalue weighted by molar-refractivity contribution is 5.80. The second-order valence-corrected chi connectivity index (χ2v) is 4.06. The van der Waals surface area contributed by atoms with Crippen LogP contribution in [0.1, 0.15) is 11.5 Å². The van der Waals surface area contributed by atoms with E-state index in [1.54, 1.807) is 7.11 Å². The van der Waals surface area contributed by atoms with Gasteiger partial charge >= 0.3 is 5.97 Å². The maximum absolute atomic E-state index is 11.7. The Kier molecular flexibility index (Phi) is 4.12. The van der Waals surface area contributed by atoms with Crippen LogP contribution in [0.3, 0.4) is 0 Å². The number of hydrogen-bond donors (Lipinski definition) is 0. The van der Waals surface area contributed by atoms with Crippen LogP contribution >= 0.6 is 0 Å². The number of esters is 1. The zero-order valence-electron chi connectivity index (χ0n) is 9.80. The summed E-state index contributed by atoms with van der Waals surface area (Å²) in [5.74, 6) is -0.310. The van der Waals surface area contributed by atoms with Gasteiger partial charge in [0, 0.05) is 13.0 Å². The van der Waals surface area contributed by atoms with E-state index in [0.29, 0.717) is 13.2 Å². The van der Waals surface area contributed by atoms with Crippen LogP contribution in [-0.2, 0) is 19.0 Å². The summed E-state index contributed by atoms with van der Waals surface area (Å²) in [5, 5.41) is 0. The summed E-state index contributed by atoms with van der Waals surface area (Å²) in [7, 11) is 1.57. The number of methoxy groups -OCH3 is 1. The van der Waals surface area contributed by atoms with Crippen LogP contribution in [0.4, 0.5) is 0 Å². The molecule has 17 heavy (non-hydrogen) atoms. The van der Waals surface area contributed by atoms with Gasteiger partial charge in [0.15, 0.2) is 0 Å². The molecule has 92 valence electrons. The molecule has 1 aliphatic heterocycles. The third-order valence-electron chi connectivity index (χ3n) is 2.86. The van der Waals surface area contributed by atoms with Gasteiger partial charge in [0.2, 0.25) is 0 Å². The molecule has 0 radical (unpaired) electrons. The van der Waals surface area contributed by atoms with Gasteiger partial charge in [0.05, 0.1) is 19.1 Å². The largest absolute Gasteiger partial charge is 0.465 e. The number of ether oxygens (including phenoxy) is 3. The summed E-state index contributed by atoms with van der Waals surface area (Å²) in [6.45, 7) is 1.13. The normalized spacial score (nSPS) is 23.7. The van der Waals surface area contributed by atoms with Gasteiger partial charge in [0.1, 0.15) is 6.79 Å². The molecule has 0 spiro atoms. The van der Waals surface area contributed by atoms with E-state index in [9.17, 15) is 4.79 Å². The summed E-state index contributed by atoms with van der Waals surface area (Å²) in [6, 6.07) is 9.67. The molecule has 0 aromatic heterocycles. The van der Waals surface area contributed by atoms with Crippen molar-refractivity contribution >= 4 is 5.97 Å². The lowest BCUT2D eigenvalue weighted by Gasteiger charge is -2.15. The molecule has 2 atom stereocenters. The Bertz CT molecular complexity index is 363. The molecule has 0 bridgehead atoms. The third-order valence-corrected chi connectivity index (χ3v) is 2.86. The predicted octanol–water partition coefficient (Wildman–Crippen LogP) is 1.56. The molecule has 1 heterocycles. The summed E-state index contributed by atoms with van der Waals surface area (Å²) < 4.78 is 15.2. The van der Waals surface area contributed by atoms with Crippen molar-refractivity contribution in [3.05, 3.63) is 35.9 Å². The fourth-order valence-corrected chi connectivity index (χ4v) is 2.06. The summed E-state index contributed by atoms with van der Waals surface area (Å²) >= 11 is 0. The molecular weight excluding hydrogens is 220 g/mol. The molecule has 0 unspecified atom stereocenters. The number of rotatable bonds is 5. The second-order valence-electron chi connectivity index (χ2n) is 4.06. The molecule has 4 heteroatoms. The highest BCUT2D eigenvalue weighted by Crippen LogP contribution is 2.32. The van der Waals surface area contributed by atoms with E-state index in [2.05, 4.69) is 0 Å². The Morgan fingerprint density at radius 1 is 1.35 bits per heavy atom. The molecule has 2 rings (SSSR count). The van der Waals surface area contributed by atoms with E-state index in [0.717, 1.165) is 5.56 Å². The van der Waals surface area contributed by atoms with Crippen molar-refractivity contribution in [2.24, 2.45) is 5.92 Å². The van der Waals surface area contributed by atoms with E-state index < -0.39 is 0 Å². The summed E-state index contributed by atoms with van der Waals surface area (Å²) in [5.41, 5.74) is 0.987. The standard InChI is InChI=1S/C13H16O4/c1-15-9-16-7-11-8-17-13(14)12(11)10-5-3-2-4-6-10/h2-6,11-12H,7-9H2,1H3/t11-,12+/m0/s1. The molecule has 1 aliphatic rings. The van der Waals surface area contributed by atoms with Crippen molar-refractivity contribution in [2.75, 3.05) is 27.1 Å². The first-order chi connectivity index (χ1) is 8.33. The third kappa shape index (κ3) is 2.84. The highest BCUT2D eigenvalue weighted by Gasteiger charge is 2.37. The quantitative estimate of drug-likeness (QED) is 0.442. The van der Waals surface area contributed by atoms with E-state index in [-0.39, 0.29) is 24.6 Å².